The molecule has 8 heteroatoms. The third-order valence-electron chi connectivity index (χ3n) is 1.87. The van der Waals surface area contributed by atoms with Crippen LogP contribution in [0.5, 0.6) is 0 Å². The summed E-state index contributed by atoms with van der Waals surface area (Å²) in [5, 5.41) is 0. The van der Waals surface area contributed by atoms with Crippen molar-refractivity contribution in [3.8, 4) is 0 Å². The van der Waals surface area contributed by atoms with Gasteiger partial charge in [-0.25, -0.2) is 24.2 Å². The molecule has 0 amide bonds. The van der Waals surface area contributed by atoms with Gasteiger partial charge in [-0.2, -0.15) is 0 Å². The predicted molar refractivity (Wildman–Crippen MR) is 65.4 cm³/mol. The minimum Gasteiger partial charge on any atom is -0.259 e. The quantitative estimate of drug-likeness (QED) is 0.378. The molecule has 1 aromatic rings. The molecule has 18 heavy (non-hydrogen) atoms. The topological polar surface area (TPSA) is 128 Å². The Balaban J connectivity index is 0.000000321. The molecule has 0 fully saturated rings. The third-order valence-corrected chi connectivity index (χ3v) is 1.87. The molecule has 0 unspecified atom stereocenters. The molecule has 8 nitrogen and oxygen atoms in total. The number of nitrogens with zero attached hydrogens (tertiary/aromatic N) is 1. The largest absolute Gasteiger partial charge is 0.330 e. The molecule has 0 aliphatic carbocycles. The second kappa shape index (κ2) is 9.98. The van der Waals surface area contributed by atoms with Crippen molar-refractivity contribution in [3.63, 3.8) is 0 Å². The highest BCUT2D eigenvalue weighted by atomic mass is 16.2. The van der Waals surface area contributed by atoms with E-state index in [-0.39, 0.29) is 0 Å². The van der Waals surface area contributed by atoms with Gasteiger partial charge in [0.1, 0.15) is 0 Å². The number of hydrogen-bond acceptors (Lipinski definition) is 5. The number of hydrogen-bond donors (Lipinski definition) is 3. The van der Waals surface area contributed by atoms with Gasteiger partial charge in [-0.1, -0.05) is 26.2 Å². The lowest BCUT2D eigenvalue weighted by atomic mass is 10.2. The van der Waals surface area contributed by atoms with Crippen LogP contribution in [0.25, 0.3) is 0 Å². The molecular formula is C10H16N4O4. The van der Waals surface area contributed by atoms with E-state index in [2.05, 4.69) is 11.9 Å². The number of aromatic amines is 3. The van der Waals surface area contributed by atoms with Crippen LogP contribution in [0.2, 0.25) is 0 Å². The molecule has 1 aromatic heterocycles. The van der Waals surface area contributed by atoms with Gasteiger partial charge >= 0.3 is 17.1 Å². The predicted octanol–water partition coefficient (Wildman–Crippen LogP) is -0.346. The summed E-state index contributed by atoms with van der Waals surface area (Å²) in [4.78, 5) is 48.9. The molecule has 0 aliphatic rings. The first kappa shape index (κ1) is 15.8. The molecule has 0 radical (unpaired) electrons. The maximum Gasteiger partial charge on any atom is 0.330 e. The number of isocyanates is 1. The summed E-state index contributed by atoms with van der Waals surface area (Å²) in [6.07, 6.45) is 6.20. The van der Waals surface area contributed by atoms with Crippen LogP contribution in [-0.2, 0) is 4.79 Å². The van der Waals surface area contributed by atoms with Crippen LogP contribution < -0.4 is 17.1 Å². The van der Waals surface area contributed by atoms with Crippen LogP contribution >= 0.6 is 0 Å². The number of H-pyrrole nitrogens is 3. The Morgan fingerprint density at radius 3 is 1.83 bits per heavy atom. The molecule has 0 atom stereocenters. The molecule has 3 N–H and O–H groups in total. The van der Waals surface area contributed by atoms with Crippen molar-refractivity contribution >= 4 is 6.08 Å². The molecule has 1 heterocycles. The van der Waals surface area contributed by atoms with E-state index in [0.29, 0.717) is 6.54 Å². The molecule has 0 bridgehead atoms. The van der Waals surface area contributed by atoms with E-state index < -0.39 is 17.1 Å². The molecule has 0 spiro atoms. The number of carbonyl (C=O) groups excluding carboxylic acids is 1. The van der Waals surface area contributed by atoms with E-state index in [1.807, 2.05) is 0 Å². The van der Waals surface area contributed by atoms with Crippen molar-refractivity contribution < 1.29 is 4.79 Å². The average Bonchev–Trinajstić information content (AvgIpc) is 2.28. The highest BCUT2D eigenvalue weighted by molar-refractivity contribution is 5.32. The van der Waals surface area contributed by atoms with E-state index in [1.54, 1.807) is 15.0 Å². The standard InChI is InChI=1S/C7H13NO.C3H3N3O3/c1-2-3-4-5-6-8-7-9;7-1-4-2(8)6-3(9)5-1/h2-6H2,1H3;(H3,4,5,6,7,8,9). The minimum absolute atomic E-state index is 0.656. The summed E-state index contributed by atoms with van der Waals surface area (Å²) >= 11 is 0. The van der Waals surface area contributed by atoms with Gasteiger partial charge in [0, 0.05) is 0 Å². The number of aromatic nitrogens is 3. The van der Waals surface area contributed by atoms with Crippen molar-refractivity contribution in [3.05, 3.63) is 31.5 Å². The summed E-state index contributed by atoms with van der Waals surface area (Å²) in [5.41, 5.74) is -2.41. The number of aliphatic imine (C=N–C) groups is 1. The third kappa shape index (κ3) is 9.05. The van der Waals surface area contributed by atoms with Crippen LogP contribution in [0.1, 0.15) is 32.6 Å². The first-order valence-electron chi connectivity index (χ1n) is 5.56. The van der Waals surface area contributed by atoms with Crippen molar-refractivity contribution in [1.29, 1.82) is 0 Å². The Kier molecular flexibility index (Phi) is 8.75. The van der Waals surface area contributed by atoms with Crippen LogP contribution in [0.15, 0.2) is 19.4 Å². The number of nitrogens with one attached hydrogen (secondary N) is 3. The lowest BCUT2D eigenvalue weighted by Gasteiger charge is -1.90. The van der Waals surface area contributed by atoms with Gasteiger partial charge in [-0.3, -0.25) is 15.0 Å². The zero-order valence-electron chi connectivity index (χ0n) is 10.1. The van der Waals surface area contributed by atoms with Crippen LogP contribution in [0.3, 0.4) is 0 Å². The Morgan fingerprint density at radius 1 is 0.944 bits per heavy atom. The summed E-state index contributed by atoms with van der Waals surface area (Å²) in [6.45, 7) is 2.81. The normalized spacial score (nSPS) is 8.94. The van der Waals surface area contributed by atoms with E-state index in [9.17, 15) is 19.2 Å². The molecule has 1 rings (SSSR count). The Bertz CT molecular complexity index is 457. The highest BCUT2D eigenvalue weighted by Crippen LogP contribution is 1.97. The van der Waals surface area contributed by atoms with E-state index in [4.69, 9.17) is 0 Å². The summed E-state index contributed by atoms with van der Waals surface area (Å²) in [6, 6.07) is 0. The van der Waals surface area contributed by atoms with Gasteiger partial charge in [-0.05, 0) is 6.42 Å². The first-order chi connectivity index (χ1) is 8.60. The van der Waals surface area contributed by atoms with Gasteiger partial charge in [-0.15, -0.1) is 0 Å². The van der Waals surface area contributed by atoms with Crippen molar-refractivity contribution in [2.45, 2.75) is 32.6 Å². The van der Waals surface area contributed by atoms with Gasteiger partial charge < -0.3 is 0 Å². The first-order valence-corrected chi connectivity index (χ1v) is 5.56. The fraction of sp³-hybridized carbons (Fsp3) is 0.600. The Labute approximate surface area is 102 Å². The highest BCUT2D eigenvalue weighted by Gasteiger charge is 1.85. The van der Waals surface area contributed by atoms with Crippen LogP contribution in [0, 0.1) is 0 Å². The molecule has 0 saturated heterocycles. The van der Waals surface area contributed by atoms with Gasteiger partial charge in [0.05, 0.1) is 6.54 Å². The molecular weight excluding hydrogens is 240 g/mol. The minimum atomic E-state index is -0.802. The Morgan fingerprint density at radius 2 is 1.44 bits per heavy atom. The fourth-order valence-corrected chi connectivity index (χ4v) is 1.07. The summed E-state index contributed by atoms with van der Waals surface area (Å²) in [5.74, 6) is 0. The SMILES string of the molecule is CCCCCCN=C=O.O=c1[nH]c(=O)[nH]c(=O)[nH]1. The van der Waals surface area contributed by atoms with Gasteiger partial charge in [0.2, 0.25) is 6.08 Å². The smallest absolute Gasteiger partial charge is 0.259 e. The second-order valence-corrected chi connectivity index (χ2v) is 3.40. The summed E-state index contributed by atoms with van der Waals surface area (Å²) in [7, 11) is 0. The zero-order valence-corrected chi connectivity index (χ0v) is 10.1. The monoisotopic (exact) mass is 256 g/mol. The molecule has 100 valence electrons. The number of rotatable bonds is 5. The molecule has 0 aliphatic heterocycles. The second-order valence-electron chi connectivity index (χ2n) is 3.40. The maximum absolute atomic E-state index is 10.2. The van der Waals surface area contributed by atoms with Crippen molar-refractivity contribution in [1.82, 2.24) is 15.0 Å². The number of unbranched alkanes of at least 4 members (excludes halogenated alkanes) is 3. The van der Waals surface area contributed by atoms with E-state index in [0.717, 1.165) is 6.42 Å². The van der Waals surface area contributed by atoms with Gasteiger partial charge in [0.15, 0.2) is 0 Å². The average molecular weight is 256 g/mol. The van der Waals surface area contributed by atoms with Crippen LogP contribution in [-0.4, -0.2) is 27.6 Å². The molecule has 0 saturated carbocycles. The van der Waals surface area contributed by atoms with E-state index >= 15 is 0 Å². The maximum atomic E-state index is 10.2. The lowest BCUT2D eigenvalue weighted by molar-refractivity contribution is 0.561. The van der Waals surface area contributed by atoms with Crippen molar-refractivity contribution in [2.75, 3.05) is 6.54 Å². The lowest BCUT2D eigenvalue weighted by Crippen LogP contribution is -2.34. The fourth-order valence-electron chi connectivity index (χ4n) is 1.07. The molecule has 0 aromatic carbocycles. The van der Waals surface area contributed by atoms with Gasteiger partial charge in [0.25, 0.3) is 0 Å². The Hall–Kier alpha value is -2.21. The van der Waals surface area contributed by atoms with Crippen molar-refractivity contribution in [2.24, 2.45) is 4.99 Å². The van der Waals surface area contributed by atoms with E-state index in [1.165, 1.54) is 25.3 Å². The summed E-state index contributed by atoms with van der Waals surface area (Å²) < 4.78 is 0. The van der Waals surface area contributed by atoms with Crippen LogP contribution in [0.4, 0.5) is 0 Å². The zero-order chi connectivity index (χ0) is 13.8.